The number of hydrogen-bond donors (Lipinski definition) is 1. The predicted molar refractivity (Wildman–Crippen MR) is 99.2 cm³/mol. The molecule has 1 N–H and O–H groups in total. The van der Waals surface area contributed by atoms with Gasteiger partial charge in [-0.05, 0) is 36.5 Å². The van der Waals surface area contributed by atoms with E-state index in [9.17, 15) is 24.3 Å². The third kappa shape index (κ3) is 3.82. The summed E-state index contributed by atoms with van der Waals surface area (Å²) in [5.74, 6) is -2.35. The fourth-order valence-corrected chi connectivity index (χ4v) is 3.78. The Kier molecular flexibility index (Phi) is 4.99. The standard InChI is InChI=1S/C20H22N2O7/c1-11(23)29-17(20(26)27)16-19(25)22(6-7-28-16)14-5-4-13-10-21(9-12-2-3-12)18(24)15(13)8-14/h4-5,8,12,16-17H,2-3,6-7,9-10H2,1H3,(H,26,27)/t16?,17-/m1/s1. The molecule has 1 aliphatic carbocycles. The first kappa shape index (κ1) is 19.4. The normalized spacial score (nSPS) is 22.4. The summed E-state index contributed by atoms with van der Waals surface area (Å²) in [5.41, 5.74) is 1.98. The molecule has 0 aromatic heterocycles. The van der Waals surface area contributed by atoms with Crippen LogP contribution in [0.3, 0.4) is 0 Å². The number of rotatable bonds is 6. The highest BCUT2D eigenvalue weighted by molar-refractivity contribution is 6.03. The molecular weight excluding hydrogens is 380 g/mol. The minimum absolute atomic E-state index is 0.0469. The Bertz CT molecular complexity index is 880. The van der Waals surface area contributed by atoms with E-state index in [0.29, 0.717) is 23.7 Å². The van der Waals surface area contributed by atoms with Gasteiger partial charge in [-0.25, -0.2) is 4.79 Å². The van der Waals surface area contributed by atoms with Gasteiger partial charge in [0.25, 0.3) is 11.8 Å². The molecule has 1 unspecified atom stereocenters. The number of fused-ring (bicyclic) bond motifs is 1. The molecule has 0 spiro atoms. The molecule has 2 amide bonds. The Labute approximate surface area is 167 Å². The number of anilines is 1. The molecule has 1 aromatic carbocycles. The number of carbonyl (C=O) groups is 4. The molecule has 9 heteroatoms. The van der Waals surface area contributed by atoms with Gasteiger partial charge in [0.2, 0.25) is 6.10 Å². The Morgan fingerprint density at radius 1 is 1.31 bits per heavy atom. The van der Waals surface area contributed by atoms with Crippen molar-refractivity contribution in [1.82, 2.24) is 4.90 Å². The van der Waals surface area contributed by atoms with Crippen LogP contribution in [0.1, 0.15) is 35.7 Å². The van der Waals surface area contributed by atoms with Gasteiger partial charge < -0.3 is 24.4 Å². The number of carboxylic acids is 1. The Morgan fingerprint density at radius 2 is 2.07 bits per heavy atom. The molecule has 9 nitrogen and oxygen atoms in total. The van der Waals surface area contributed by atoms with Gasteiger partial charge in [0.1, 0.15) is 0 Å². The molecule has 154 valence electrons. The van der Waals surface area contributed by atoms with Crippen LogP contribution in [0.25, 0.3) is 0 Å². The maximum Gasteiger partial charge on any atom is 0.348 e. The monoisotopic (exact) mass is 402 g/mol. The lowest BCUT2D eigenvalue weighted by molar-refractivity contribution is -0.177. The molecule has 2 heterocycles. The average Bonchev–Trinajstić information content (AvgIpc) is 3.44. The smallest absolute Gasteiger partial charge is 0.348 e. The molecule has 4 rings (SSSR count). The van der Waals surface area contributed by atoms with E-state index in [1.165, 1.54) is 4.90 Å². The summed E-state index contributed by atoms with van der Waals surface area (Å²) in [4.78, 5) is 51.5. The number of aliphatic carboxylic acids is 1. The molecule has 2 fully saturated rings. The summed E-state index contributed by atoms with van der Waals surface area (Å²) in [5, 5.41) is 9.34. The van der Waals surface area contributed by atoms with Crippen LogP contribution in [0.15, 0.2) is 18.2 Å². The molecule has 1 saturated heterocycles. The number of nitrogens with zero attached hydrogens (tertiary/aromatic N) is 2. The van der Waals surface area contributed by atoms with E-state index in [2.05, 4.69) is 0 Å². The molecule has 0 bridgehead atoms. The van der Waals surface area contributed by atoms with E-state index in [1.54, 1.807) is 12.1 Å². The van der Waals surface area contributed by atoms with E-state index in [0.717, 1.165) is 31.9 Å². The molecule has 2 aliphatic heterocycles. The number of ether oxygens (including phenoxy) is 2. The van der Waals surface area contributed by atoms with Crippen molar-refractivity contribution in [2.45, 2.75) is 38.5 Å². The van der Waals surface area contributed by atoms with Crippen molar-refractivity contribution in [2.75, 3.05) is 24.6 Å². The van der Waals surface area contributed by atoms with Gasteiger partial charge in [-0.1, -0.05) is 6.07 Å². The first-order valence-corrected chi connectivity index (χ1v) is 9.60. The van der Waals surface area contributed by atoms with Crippen LogP contribution in [-0.2, 0) is 30.4 Å². The van der Waals surface area contributed by atoms with Crippen molar-refractivity contribution in [1.29, 1.82) is 0 Å². The summed E-state index contributed by atoms with van der Waals surface area (Å²) < 4.78 is 10.1. The van der Waals surface area contributed by atoms with Gasteiger partial charge in [0.15, 0.2) is 6.10 Å². The number of esters is 1. The van der Waals surface area contributed by atoms with Gasteiger partial charge in [0, 0.05) is 37.8 Å². The Hall–Kier alpha value is -2.94. The van der Waals surface area contributed by atoms with Crippen LogP contribution in [0.2, 0.25) is 0 Å². The highest BCUT2D eigenvalue weighted by atomic mass is 16.6. The lowest BCUT2D eigenvalue weighted by Crippen LogP contribution is -2.55. The molecule has 1 aromatic rings. The van der Waals surface area contributed by atoms with Crippen LogP contribution in [-0.4, -0.2) is 65.7 Å². The van der Waals surface area contributed by atoms with E-state index in [-0.39, 0.29) is 19.1 Å². The zero-order chi connectivity index (χ0) is 20.7. The zero-order valence-electron chi connectivity index (χ0n) is 16.0. The number of carboxylic acid groups (broad SMARTS) is 1. The largest absolute Gasteiger partial charge is 0.478 e. The van der Waals surface area contributed by atoms with E-state index in [1.807, 2.05) is 11.0 Å². The molecule has 2 atom stereocenters. The van der Waals surface area contributed by atoms with Crippen LogP contribution in [0.5, 0.6) is 0 Å². The summed E-state index contributed by atoms with van der Waals surface area (Å²) in [6.45, 7) is 2.68. The Balaban J connectivity index is 1.55. The molecule has 3 aliphatic rings. The third-order valence-electron chi connectivity index (χ3n) is 5.39. The topological polar surface area (TPSA) is 113 Å². The van der Waals surface area contributed by atoms with Crippen molar-refractivity contribution in [3.05, 3.63) is 29.3 Å². The summed E-state index contributed by atoms with van der Waals surface area (Å²) in [6, 6.07) is 5.25. The van der Waals surface area contributed by atoms with Crippen LogP contribution in [0, 0.1) is 5.92 Å². The van der Waals surface area contributed by atoms with Crippen molar-refractivity contribution in [3.8, 4) is 0 Å². The fourth-order valence-electron chi connectivity index (χ4n) is 3.78. The van der Waals surface area contributed by atoms with Gasteiger partial charge in [-0.3, -0.25) is 14.4 Å². The number of benzene rings is 1. The second-order valence-corrected chi connectivity index (χ2v) is 7.62. The predicted octanol–water partition coefficient (Wildman–Crippen LogP) is 0.800. The minimum Gasteiger partial charge on any atom is -0.478 e. The van der Waals surface area contributed by atoms with E-state index >= 15 is 0 Å². The van der Waals surface area contributed by atoms with Crippen LogP contribution in [0.4, 0.5) is 5.69 Å². The highest BCUT2D eigenvalue weighted by Gasteiger charge is 2.43. The summed E-state index contributed by atoms with van der Waals surface area (Å²) in [7, 11) is 0. The molecule has 29 heavy (non-hydrogen) atoms. The van der Waals surface area contributed by atoms with Crippen molar-refractivity contribution in [2.24, 2.45) is 5.92 Å². The van der Waals surface area contributed by atoms with E-state index in [4.69, 9.17) is 9.47 Å². The van der Waals surface area contributed by atoms with Crippen LogP contribution < -0.4 is 4.90 Å². The lowest BCUT2D eigenvalue weighted by Gasteiger charge is -2.34. The number of amides is 2. The zero-order valence-corrected chi connectivity index (χ0v) is 16.0. The second kappa shape index (κ2) is 7.47. The van der Waals surface area contributed by atoms with Crippen LogP contribution >= 0.6 is 0 Å². The van der Waals surface area contributed by atoms with E-state index < -0.39 is 30.1 Å². The SMILES string of the molecule is CC(=O)O[C@@H](C(=O)O)C1OCCN(c2ccc3c(c2)C(=O)N(CC2CC2)C3)C1=O. The maximum atomic E-state index is 12.9. The molecule has 1 saturated carbocycles. The summed E-state index contributed by atoms with van der Waals surface area (Å²) in [6.07, 6.45) is -0.863. The fraction of sp³-hybridized carbons (Fsp3) is 0.500. The second-order valence-electron chi connectivity index (χ2n) is 7.62. The first-order valence-electron chi connectivity index (χ1n) is 9.60. The quantitative estimate of drug-likeness (QED) is 0.700. The van der Waals surface area contributed by atoms with Crippen molar-refractivity contribution in [3.63, 3.8) is 0 Å². The number of hydrogen-bond acceptors (Lipinski definition) is 6. The van der Waals surface area contributed by atoms with Crippen molar-refractivity contribution >= 4 is 29.4 Å². The maximum absolute atomic E-state index is 12.9. The lowest BCUT2D eigenvalue weighted by atomic mass is 10.1. The van der Waals surface area contributed by atoms with Gasteiger partial charge in [-0.15, -0.1) is 0 Å². The van der Waals surface area contributed by atoms with Gasteiger partial charge in [-0.2, -0.15) is 0 Å². The molecule has 0 radical (unpaired) electrons. The van der Waals surface area contributed by atoms with Crippen molar-refractivity contribution < 1.29 is 33.8 Å². The van der Waals surface area contributed by atoms with Gasteiger partial charge in [0.05, 0.1) is 6.61 Å². The average molecular weight is 402 g/mol. The highest BCUT2D eigenvalue weighted by Crippen LogP contribution is 2.34. The minimum atomic E-state index is -1.73. The third-order valence-corrected chi connectivity index (χ3v) is 5.39. The number of morpholine rings is 1. The van der Waals surface area contributed by atoms with Gasteiger partial charge >= 0.3 is 11.9 Å². The summed E-state index contributed by atoms with van der Waals surface area (Å²) >= 11 is 0. The number of carbonyl (C=O) groups excluding carboxylic acids is 3. The first-order chi connectivity index (χ1) is 13.8. The Morgan fingerprint density at radius 3 is 2.72 bits per heavy atom. The molecular formula is C20H22N2O7.